The van der Waals surface area contributed by atoms with Gasteiger partial charge in [0.05, 0.1) is 6.42 Å². The number of halogens is 3. The van der Waals surface area contributed by atoms with Gasteiger partial charge in [0.1, 0.15) is 0 Å². The average molecular weight is 243 g/mol. The van der Waals surface area contributed by atoms with Crippen LogP contribution in [0.2, 0.25) is 0 Å². The van der Waals surface area contributed by atoms with Gasteiger partial charge in [-0.25, -0.2) is 0 Å². The van der Waals surface area contributed by atoms with Crippen molar-refractivity contribution in [3.63, 3.8) is 0 Å². The summed E-state index contributed by atoms with van der Waals surface area (Å²) in [5.41, 5.74) is 0. The van der Waals surface area contributed by atoms with Crippen molar-refractivity contribution >= 4 is 5.97 Å². The van der Waals surface area contributed by atoms with E-state index in [4.69, 9.17) is 10.2 Å². The molecule has 0 aliphatic carbocycles. The summed E-state index contributed by atoms with van der Waals surface area (Å²) in [7, 11) is 0. The second kappa shape index (κ2) is 6.05. The van der Waals surface area contributed by atoms with E-state index < -0.39 is 30.8 Å². The predicted molar refractivity (Wildman–Crippen MR) is 51.0 cm³/mol. The van der Waals surface area contributed by atoms with Gasteiger partial charge in [-0.2, -0.15) is 13.2 Å². The SMILES string of the molecule is CCN(CC(O)C(F)(F)F)C(C)CC(=O)O. The van der Waals surface area contributed by atoms with Gasteiger partial charge < -0.3 is 10.2 Å². The van der Waals surface area contributed by atoms with Crippen LogP contribution in [0.3, 0.4) is 0 Å². The van der Waals surface area contributed by atoms with Crippen LogP contribution in [0.1, 0.15) is 20.3 Å². The molecule has 0 aromatic heterocycles. The molecule has 4 nitrogen and oxygen atoms in total. The van der Waals surface area contributed by atoms with Crippen LogP contribution in [0, 0.1) is 0 Å². The summed E-state index contributed by atoms with van der Waals surface area (Å²) in [6, 6.07) is -0.542. The van der Waals surface area contributed by atoms with Gasteiger partial charge in [0.25, 0.3) is 0 Å². The molecule has 2 unspecified atom stereocenters. The second-order valence-electron chi connectivity index (χ2n) is 3.59. The number of aliphatic hydroxyl groups is 1. The van der Waals surface area contributed by atoms with Gasteiger partial charge in [0, 0.05) is 12.6 Å². The lowest BCUT2D eigenvalue weighted by molar-refractivity contribution is -0.209. The number of hydrogen-bond acceptors (Lipinski definition) is 3. The van der Waals surface area contributed by atoms with Gasteiger partial charge in [-0.15, -0.1) is 0 Å². The third kappa shape index (κ3) is 5.32. The molecular formula is C9H16F3NO3. The third-order valence-electron chi connectivity index (χ3n) is 2.28. The zero-order valence-corrected chi connectivity index (χ0v) is 9.16. The molecule has 0 aromatic rings. The number of carboxylic acid groups (broad SMARTS) is 1. The summed E-state index contributed by atoms with van der Waals surface area (Å²) in [5.74, 6) is -1.08. The fourth-order valence-corrected chi connectivity index (χ4v) is 1.33. The number of alkyl halides is 3. The monoisotopic (exact) mass is 243 g/mol. The van der Waals surface area contributed by atoms with E-state index in [2.05, 4.69) is 0 Å². The van der Waals surface area contributed by atoms with E-state index in [-0.39, 0.29) is 13.0 Å². The highest BCUT2D eigenvalue weighted by molar-refractivity contribution is 5.67. The Kier molecular flexibility index (Phi) is 5.74. The lowest BCUT2D eigenvalue weighted by Crippen LogP contribution is -2.45. The topological polar surface area (TPSA) is 60.8 Å². The number of rotatable bonds is 6. The van der Waals surface area contributed by atoms with Crippen LogP contribution in [-0.2, 0) is 4.79 Å². The van der Waals surface area contributed by atoms with E-state index in [1.807, 2.05) is 0 Å². The molecule has 0 heterocycles. The number of aliphatic carboxylic acids is 1. The first kappa shape index (κ1) is 15.2. The Bertz CT molecular complexity index is 233. The van der Waals surface area contributed by atoms with Crippen molar-refractivity contribution in [3.05, 3.63) is 0 Å². The average Bonchev–Trinajstić information content (AvgIpc) is 2.10. The highest BCUT2D eigenvalue weighted by Crippen LogP contribution is 2.21. The molecule has 2 atom stereocenters. The predicted octanol–water partition coefficient (Wildman–Crippen LogP) is 1.09. The fraction of sp³-hybridized carbons (Fsp3) is 0.889. The van der Waals surface area contributed by atoms with Crippen LogP contribution in [0.15, 0.2) is 0 Å². The van der Waals surface area contributed by atoms with Gasteiger partial charge >= 0.3 is 12.1 Å². The molecule has 0 spiro atoms. The molecule has 0 fully saturated rings. The van der Waals surface area contributed by atoms with Crippen molar-refractivity contribution in [2.24, 2.45) is 0 Å². The summed E-state index contributed by atoms with van der Waals surface area (Å²) >= 11 is 0. The van der Waals surface area contributed by atoms with Crippen molar-refractivity contribution in [2.45, 2.75) is 38.6 Å². The number of carboxylic acids is 1. The standard InChI is InChI=1S/C9H16F3NO3/c1-3-13(6(2)4-8(15)16)5-7(14)9(10,11)12/h6-7,14H,3-5H2,1-2H3,(H,15,16). The van der Waals surface area contributed by atoms with Crippen molar-refractivity contribution in [1.82, 2.24) is 4.90 Å². The van der Waals surface area contributed by atoms with Crippen LogP contribution in [0.4, 0.5) is 13.2 Å². The molecular weight excluding hydrogens is 227 g/mol. The first-order valence-corrected chi connectivity index (χ1v) is 4.89. The molecule has 0 amide bonds. The van der Waals surface area contributed by atoms with Gasteiger partial charge in [-0.1, -0.05) is 6.92 Å². The van der Waals surface area contributed by atoms with E-state index in [0.717, 1.165) is 0 Å². The lowest BCUT2D eigenvalue weighted by Gasteiger charge is -2.29. The maximum Gasteiger partial charge on any atom is 0.415 e. The normalized spacial score (nSPS) is 16.2. The molecule has 7 heteroatoms. The van der Waals surface area contributed by atoms with Gasteiger partial charge in [-0.05, 0) is 13.5 Å². The molecule has 0 bridgehead atoms. The maximum absolute atomic E-state index is 12.1. The van der Waals surface area contributed by atoms with Crippen molar-refractivity contribution in [2.75, 3.05) is 13.1 Å². The molecule has 0 aliphatic rings. The van der Waals surface area contributed by atoms with Crippen molar-refractivity contribution in [1.29, 1.82) is 0 Å². The molecule has 0 radical (unpaired) electrons. The van der Waals surface area contributed by atoms with Crippen molar-refractivity contribution < 1.29 is 28.2 Å². The highest BCUT2D eigenvalue weighted by atomic mass is 19.4. The summed E-state index contributed by atoms with van der Waals surface area (Å²) < 4.78 is 36.2. The number of hydrogen-bond donors (Lipinski definition) is 2. The Morgan fingerprint density at radius 3 is 2.25 bits per heavy atom. The summed E-state index contributed by atoms with van der Waals surface area (Å²) in [6.07, 6.45) is -7.36. The lowest BCUT2D eigenvalue weighted by atomic mass is 10.2. The Morgan fingerprint density at radius 1 is 1.44 bits per heavy atom. The molecule has 0 saturated carbocycles. The largest absolute Gasteiger partial charge is 0.481 e. The minimum absolute atomic E-state index is 0.252. The van der Waals surface area contributed by atoms with Gasteiger partial charge in [-0.3, -0.25) is 9.69 Å². The third-order valence-corrected chi connectivity index (χ3v) is 2.28. The summed E-state index contributed by atoms with van der Waals surface area (Å²) in [5, 5.41) is 17.4. The van der Waals surface area contributed by atoms with E-state index in [0.29, 0.717) is 0 Å². The zero-order chi connectivity index (χ0) is 12.9. The first-order valence-electron chi connectivity index (χ1n) is 4.89. The number of aliphatic hydroxyl groups excluding tert-OH is 1. The van der Waals surface area contributed by atoms with E-state index in [1.165, 1.54) is 11.8 Å². The number of nitrogens with zero attached hydrogens (tertiary/aromatic N) is 1. The van der Waals surface area contributed by atoms with E-state index in [1.54, 1.807) is 6.92 Å². The number of carbonyl (C=O) groups is 1. The van der Waals surface area contributed by atoms with Crippen LogP contribution in [-0.4, -0.2) is 52.5 Å². The molecule has 2 N–H and O–H groups in total. The van der Waals surface area contributed by atoms with Crippen molar-refractivity contribution in [3.8, 4) is 0 Å². The minimum Gasteiger partial charge on any atom is -0.481 e. The number of likely N-dealkylation sites (N-methyl/N-ethyl adjacent to an activating group) is 1. The Labute approximate surface area is 91.7 Å². The Balaban J connectivity index is 4.34. The Hall–Kier alpha value is -0.820. The van der Waals surface area contributed by atoms with Crippen LogP contribution < -0.4 is 0 Å². The molecule has 16 heavy (non-hydrogen) atoms. The highest BCUT2D eigenvalue weighted by Gasteiger charge is 2.39. The summed E-state index contributed by atoms with van der Waals surface area (Å²) in [6.45, 7) is 2.78. The van der Waals surface area contributed by atoms with Gasteiger partial charge in [0.15, 0.2) is 6.10 Å². The minimum atomic E-state index is -4.67. The van der Waals surface area contributed by atoms with Crippen LogP contribution in [0.5, 0.6) is 0 Å². The second-order valence-corrected chi connectivity index (χ2v) is 3.59. The van der Waals surface area contributed by atoms with Crippen LogP contribution >= 0.6 is 0 Å². The first-order chi connectivity index (χ1) is 7.18. The van der Waals surface area contributed by atoms with Crippen LogP contribution in [0.25, 0.3) is 0 Å². The van der Waals surface area contributed by atoms with Gasteiger partial charge in [0.2, 0.25) is 0 Å². The van der Waals surface area contributed by atoms with E-state index in [9.17, 15) is 18.0 Å². The molecule has 96 valence electrons. The Morgan fingerprint density at radius 2 is 1.94 bits per heavy atom. The molecule has 0 saturated heterocycles. The quantitative estimate of drug-likeness (QED) is 0.733. The smallest absolute Gasteiger partial charge is 0.415 e. The molecule has 0 aromatic carbocycles. The summed E-state index contributed by atoms with van der Waals surface area (Å²) in [4.78, 5) is 11.7. The maximum atomic E-state index is 12.1. The molecule has 0 aliphatic heterocycles. The molecule has 0 rings (SSSR count). The zero-order valence-electron chi connectivity index (χ0n) is 9.16. The van der Waals surface area contributed by atoms with E-state index >= 15 is 0 Å². The fourth-order valence-electron chi connectivity index (χ4n) is 1.33.